The zero-order valence-electron chi connectivity index (χ0n) is 7.65. The van der Waals surface area contributed by atoms with Crippen LogP contribution in [0.4, 0.5) is 0 Å². The maximum Gasteiger partial charge on any atom is 0.316 e. The highest BCUT2D eigenvalue weighted by molar-refractivity contribution is 5.92. The van der Waals surface area contributed by atoms with Crippen LogP contribution in [0, 0.1) is 11.8 Å². The summed E-state index contributed by atoms with van der Waals surface area (Å²) in [6.07, 6.45) is 2.93. The molecule has 1 aromatic heterocycles. The smallest absolute Gasteiger partial charge is 0.316 e. The minimum Gasteiger partial charge on any atom is -0.464 e. The van der Waals surface area contributed by atoms with Crippen LogP contribution in [0.2, 0.25) is 0 Å². The predicted octanol–water partition coefficient (Wildman–Crippen LogP) is -0.288. The van der Waals surface area contributed by atoms with E-state index in [4.69, 9.17) is 10.5 Å². The molecule has 14 heavy (non-hydrogen) atoms. The lowest BCUT2D eigenvalue weighted by atomic mass is 10.3. The van der Waals surface area contributed by atoms with Crippen molar-refractivity contribution in [2.24, 2.45) is 5.73 Å². The summed E-state index contributed by atoms with van der Waals surface area (Å²) in [5, 5.41) is 0. The minimum absolute atomic E-state index is 0.289. The predicted molar refractivity (Wildman–Crippen MR) is 49.3 cm³/mol. The summed E-state index contributed by atoms with van der Waals surface area (Å²) >= 11 is 0. The van der Waals surface area contributed by atoms with Crippen LogP contribution in [0.3, 0.4) is 0 Å². The molecule has 1 heterocycles. The van der Waals surface area contributed by atoms with Gasteiger partial charge in [-0.15, -0.1) is 0 Å². The number of nitrogens with zero attached hydrogens (tertiary/aromatic N) is 2. The quantitative estimate of drug-likeness (QED) is 0.651. The van der Waals surface area contributed by atoms with Gasteiger partial charge in [0.05, 0.1) is 12.2 Å². The summed E-state index contributed by atoms with van der Waals surface area (Å²) in [6, 6.07) is 0.289. The molecule has 0 fully saturated rings. The molecule has 0 radical (unpaired) electrons. The van der Waals surface area contributed by atoms with E-state index in [2.05, 4.69) is 21.8 Å². The monoisotopic (exact) mass is 191 g/mol. The van der Waals surface area contributed by atoms with Gasteiger partial charge in [0.25, 0.3) is 5.91 Å². The van der Waals surface area contributed by atoms with E-state index < -0.39 is 5.91 Å². The number of hydrogen-bond acceptors (Lipinski definition) is 4. The van der Waals surface area contributed by atoms with Crippen LogP contribution >= 0.6 is 0 Å². The summed E-state index contributed by atoms with van der Waals surface area (Å²) in [5.74, 6) is 4.01. The van der Waals surface area contributed by atoms with Crippen molar-refractivity contribution in [2.75, 3.05) is 6.61 Å². The van der Waals surface area contributed by atoms with Crippen molar-refractivity contribution in [2.45, 2.75) is 6.92 Å². The summed E-state index contributed by atoms with van der Waals surface area (Å²) in [4.78, 5) is 18.0. The lowest BCUT2D eigenvalue weighted by Gasteiger charge is -1.98. The van der Waals surface area contributed by atoms with E-state index in [0.29, 0.717) is 12.2 Å². The van der Waals surface area contributed by atoms with Gasteiger partial charge in [0.15, 0.2) is 0 Å². The second-order valence-electron chi connectivity index (χ2n) is 2.30. The summed E-state index contributed by atoms with van der Waals surface area (Å²) in [5.41, 5.74) is 5.36. The number of primary amides is 1. The Labute approximate surface area is 81.3 Å². The first-order valence-electron chi connectivity index (χ1n) is 3.98. The molecule has 5 heteroatoms. The van der Waals surface area contributed by atoms with Gasteiger partial charge in [-0.25, -0.2) is 9.97 Å². The number of carbonyl (C=O) groups excluding carboxylic acids is 1. The van der Waals surface area contributed by atoms with Crippen molar-refractivity contribution in [1.29, 1.82) is 0 Å². The van der Waals surface area contributed by atoms with Crippen LogP contribution in [0.15, 0.2) is 12.4 Å². The first-order chi connectivity index (χ1) is 6.72. The number of nitrogens with two attached hydrogens (primary N) is 1. The Hall–Kier alpha value is -2.09. The molecular weight excluding hydrogens is 182 g/mol. The van der Waals surface area contributed by atoms with Gasteiger partial charge in [-0.2, -0.15) is 0 Å². The largest absolute Gasteiger partial charge is 0.464 e. The number of amides is 1. The van der Waals surface area contributed by atoms with Crippen LogP contribution in [-0.4, -0.2) is 22.5 Å². The van der Waals surface area contributed by atoms with Crippen LogP contribution in [-0.2, 0) is 4.79 Å². The average Bonchev–Trinajstić information content (AvgIpc) is 2.17. The molecule has 1 amide bonds. The first kappa shape index (κ1) is 9.99. The fourth-order valence-electron chi connectivity index (χ4n) is 0.718. The van der Waals surface area contributed by atoms with Gasteiger partial charge < -0.3 is 10.5 Å². The molecule has 0 spiro atoms. The minimum atomic E-state index is -0.682. The van der Waals surface area contributed by atoms with Crippen molar-refractivity contribution in [1.82, 2.24) is 9.97 Å². The van der Waals surface area contributed by atoms with Gasteiger partial charge in [0, 0.05) is 18.3 Å². The molecule has 0 bridgehead atoms. The lowest BCUT2D eigenvalue weighted by molar-refractivity contribution is -0.112. The second kappa shape index (κ2) is 4.82. The number of hydrogen-bond donors (Lipinski definition) is 1. The fraction of sp³-hybridized carbons (Fsp3) is 0.222. The molecular formula is C9H9N3O2. The normalized spacial score (nSPS) is 8.64. The van der Waals surface area contributed by atoms with E-state index in [1.165, 1.54) is 12.4 Å². The Morgan fingerprint density at radius 2 is 2.21 bits per heavy atom. The molecule has 0 saturated carbocycles. The van der Waals surface area contributed by atoms with Crippen molar-refractivity contribution in [3.05, 3.63) is 18.0 Å². The molecule has 0 saturated heterocycles. The van der Waals surface area contributed by atoms with Crippen molar-refractivity contribution < 1.29 is 9.53 Å². The highest BCUT2D eigenvalue weighted by Gasteiger charge is 1.94. The lowest BCUT2D eigenvalue weighted by Crippen LogP contribution is -2.06. The molecule has 0 atom stereocenters. The molecule has 1 rings (SSSR count). The van der Waals surface area contributed by atoms with E-state index in [0.717, 1.165) is 0 Å². The van der Waals surface area contributed by atoms with Crippen molar-refractivity contribution in [3.8, 4) is 17.9 Å². The Morgan fingerprint density at radius 3 is 2.71 bits per heavy atom. The van der Waals surface area contributed by atoms with Crippen molar-refractivity contribution in [3.63, 3.8) is 0 Å². The van der Waals surface area contributed by atoms with E-state index in [1.54, 1.807) is 0 Å². The van der Waals surface area contributed by atoms with Crippen molar-refractivity contribution >= 4 is 5.91 Å². The summed E-state index contributed by atoms with van der Waals surface area (Å²) in [6.45, 7) is 2.34. The van der Waals surface area contributed by atoms with Crippen LogP contribution in [0.25, 0.3) is 0 Å². The van der Waals surface area contributed by atoms with Gasteiger partial charge >= 0.3 is 6.01 Å². The highest BCUT2D eigenvalue weighted by Crippen LogP contribution is 2.00. The molecule has 2 N–H and O–H groups in total. The van der Waals surface area contributed by atoms with E-state index in [1.807, 2.05) is 6.92 Å². The molecule has 0 aliphatic carbocycles. The van der Waals surface area contributed by atoms with Gasteiger partial charge in [-0.1, -0.05) is 5.92 Å². The zero-order valence-corrected chi connectivity index (χ0v) is 7.65. The standard InChI is InChI=1S/C9H9N3O2/c1-2-14-9-11-5-7(6-12-9)3-4-8(10)13/h5-6H,2H2,1H3,(H2,10,13). The van der Waals surface area contributed by atoms with Gasteiger partial charge in [0.2, 0.25) is 0 Å². The summed E-state index contributed by atoms with van der Waals surface area (Å²) in [7, 11) is 0. The maximum atomic E-state index is 10.3. The highest BCUT2D eigenvalue weighted by atomic mass is 16.5. The SMILES string of the molecule is CCOc1ncc(C#CC(N)=O)cn1. The Morgan fingerprint density at radius 1 is 1.57 bits per heavy atom. The van der Waals surface area contributed by atoms with Gasteiger partial charge in [0.1, 0.15) is 0 Å². The number of aromatic nitrogens is 2. The van der Waals surface area contributed by atoms with E-state index in [-0.39, 0.29) is 6.01 Å². The zero-order chi connectivity index (χ0) is 10.4. The van der Waals surface area contributed by atoms with Crippen LogP contribution in [0.1, 0.15) is 12.5 Å². The molecule has 0 aliphatic rings. The van der Waals surface area contributed by atoms with E-state index >= 15 is 0 Å². The summed E-state index contributed by atoms with van der Waals surface area (Å²) < 4.78 is 5.02. The topological polar surface area (TPSA) is 78.1 Å². The third kappa shape index (κ3) is 3.11. The molecule has 0 aromatic carbocycles. The second-order valence-corrected chi connectivity index (χ2v) is 2.30. The van der Waals surface area contributed by atoms with E-state index in [9.17, 15) is 4.79 Å². The van der Waals surface area contributed by atoms with Gasteiger partial charge in [-0.05, 0) is 6.92 Å². The number of rotatable bonds is 2. The number of carbonyl (C=O) groups is 1. The Bertz CT molecular complexity index is 375. The molecule has 0 unspecified atom stereocenters. The third-order valence-electron chi connectivity index (χ3n) is 1.23. The molecule has 72 valence electrons. The van der Waals surface area contributed by atoms with Crippen LogP contribution in [0.5, 0.6) is 6.01 Å². The molecule has 1 aromatic rings. The molecule has 5 nitrogen and oxygen atoms in total. The fourth-order valence-corrected chi connectivity index (χ4v) is 0.718. The Kier molecular flexibility index (Phi) is 3.44. The maximum absolute atomic E-state index is 10.3. The van der Waals surface area contributed by atoms with Crippen LogP contribution < -0.4 is 10.5 Å². The number of ether oxygens (including phenoxy) is 1. The molecule has 0 aliphatic heterocycles. The average molecular weight is 191 g/mol. The third-order valence-corrected chi connectivity index (χ3v) is 1.23. The van der Waals surface area contributed by atoms with Gasteiger partial charge in [-0.3, -0.25) is 4.79 Å². The first-order valence-corrected chi connectivity index (χ1v) is 3.98. The Balaban J connectivity index is 2.75.